The van der Waals surface area contributed by atoms with Crippen LogP contribution in [0.3, 0.4) is 0 Å². The molecule has 0 bridgehead atoms. The molecule has 0 aliphatic heterocycles. The third-order valence-corrected chi connectivity index (χ3v) is 4.13. The number of rotatable bonds is 6. The van der Waals surface area contributed by atoms with Crippen LogP contribution in [0.4, 0.5) is 16.2 Å². The van der Waals surface area contributed by atoms with Gasteiger partial charge in [-0.1, -0.05) is 12.1 Å². The van der Waals surface area contributed by atoms with Gasteiger partial charge in [0.05, 0.1) is 17.1 Å². The van der Waals surface area contributed by atoms with Crippen LogP contribution in [-0.2, 0) is 18.3 Å². The molecule has 0 aliphatic rings. The number of anilines is 2. The molecule has 0 saturated heterocycles. The standard InChI is InChI=1S/C19H27N5O2/c1-12(2)20-19(26)22-17-9-7-6-8-16(17)21-18(25)11-10-15-13(3)23-24(5)14(15)4/h6-9,12H,10-11H2,1-5H3,(H,21,25)(H2,20,22,26). The maximum absolute atomic E-state index is 12.4. The van der Waals surface area contributed by atoms with E-state index < -0.39 is 0 Å². The molecular formula is C19H27N5O2. The summed E-state index contributed by atoms with van der Waals surface area (Å²) in [5.74, 6) is -0.105. The Hall–Kier alpha value is -2.83. The lowest BCUT2D eigenvalue weighted by Gasteiger charge is -2.14. The van der Waals surface area contributed by atoms with E-state index in [4.69, 9.17) is 0 Å². The Morgan fingerprint density at radius 2 is 1.73 bits per heavy atom. The van der Waals surface area contributed by atoms with Crippen LogP contribution in [-0.4, -0.2) is 27.8 Å². The predicted molar refractivity (Wildman–Crippen MR) is 103 cm³/mol. The summed E-state index contributed by atoms with van der Waals surface area (Å²) in [4.78, 5) is 24.3. The van der Waals surface area contributed by atoms with Crippen molar-refractivity contribution in [2.75, 3.05) is 10.6 Å². The predicted octanol–water partition coefficient (Wildman–Crippen LogP) is 3.14. The van der Waals surface area contributed by atoms with E-state index >= 15 is 0 Å². The van der Waals surface area contributed by atoms with Crippen molar-refractivity contribution in [3.8, 4) is 0 Å². The number of carbonyl (C=O) groups excluding carboxylic acids is 2. The summed E-state index contributed by atoms with van der Waals surface area (Å²) in [6, 6.07) is 6.87. The first-order chi connectivity index (χ1) is 12.3. The molecular weight excluding hydrogens is 330 g/mol. The van der Waals surface area contributed by atoms with E-state index in [0.29, 0.717) is 24.2 Å². The monoisotopic (exact) mass is 357 g/mol. The second kappa shape index (κ2) is 8.51. The molecule has 0 saturated carbocycles. The van der Waals surface area contributed by atoms with E-state index in [9.17, 15) is 9.59 Å². The molecule has 1 heterocycles. The van der Waals surface area contributed by atoms with Crippen LogP contribution in [0, 0.1) is 13.8 Å². The smallest absolute Gasteiger partial charge is 0.319 e. The van der Waals surface area contributed by atoms with Gasteiger partial charge in [0.25, 0.3) is 0 Å². The van der Waals surface area contributed by atoms with Crippen molar-refractivity contribution in [3.05, 3.63) is 41.2 Å². The summed E-state index contributed by atoms with van der Waals surface area (Å²) < 4.78 is 1.83. The second-order valence-electron chi connectivity index (χ2n) is 6.62. The van der Waals surface area contributed by atoms with Gasteiger partial charge < -0.3 is 16.0 Å². The minimum Gasteiger partial charge on any atom is -0.336 e. The molecule has 0 fully saturated rings. The Morgan fingerprint density at radius 1 is 1.12 bits per heavy atom. The molecule has 2 aromatic rings. The SMILES string of the molecule is Cc1nn(C)c(C)c1CCC(=O)Nc1ccccc1NC(=O)NC(C)C. The van der Waals surface area contributed by atoms with Crippen molar-refractivity contribution in [1.82, 2.24) is 15.1 Å². The molecule has 0 unspecified atom stereocenters. The summed E-state index contributed by atoms with van der Waals surface area (Å²) in [7, 11) is 1.90. The van der Waals surface area contributed by atoms with E-state index in [1.165, 1.54) is 0 Å². The minimum atomic E-state index is -0.302. The average Bonchev–Trinajstić information content (AvgIpc) is 2.79. The molecule has 0 spiro atoms. The van der Waals surface area contributed by atoms with Gasteiger partial charge in [0.15, 0.2) is 0 Å². The van der Waals surface area contributed by atoms with Gasteiger partial charge in [-0.3, -0.25) is 9.48 Å². The van der Waals surface area contributed by atoms with Gasteiger partial charge in [0, 0.05) is 25.2 Å². The molecule has 1 aromatic carbocycles. The molecule has 2 rings (SSSR count). The number of para-hydroxylation sites is 2. The largest absolute Gasteiger partial charge is 0.336 e. The van der Waals surface area contributed by atoms with Gasteiger partial charge in [-0.15, -0.1) is 0 Å². The van der Waals surface area contributed by atoms with E-state index in [-0.39, 0.29) is 18.0 Å². The lowest BCUT2D eigenvalue weighted by Crippen LogP contribution is -2.34. The Bertz CT molecular complexity index is 795. The zero-order valence-electron chi connectivity index (χ0n) is 16.0. The Kier molecular flexibility index (Phi) is 6.38. The molecule has 0 radical (unpaired) electrons. The Morgan fingerprint density at radius 3 is 2.27 bits per heavy atom. The van der Waals surface area contributed by atoms with Crippen LogP contribution >= 0.6 is 0 Å². The molecule has 0 atom stereocenters. The fraction of sp³-hybridized carbons (Fsp3) is 0.421. The zero-order valence-corrected chi connectivity index (χ0v) is 16.0. The maximum atomic E-state index is 12.4. The fourth-order valence-corrected chi connectivity index (χ4v) is 2.75. The van der Waals surface area contributed by atoms with Crippen molar-refractivity contribution in [2.45, 2.75) is 46.6 Å². The minimum absolute atomic E-state index is 0.0303. The summed E-state index contributed by atoms with van der Waals surface area (Å²) in [5, 5.41) is 12.8. The van der Waals surface area contributed by atoms with Crippen molar-refractivity contribution >= 4 is 23.3 Å². The zero-order chi connectivity index (χ0) is 19.3. The van der Waals surface area contributed by atoms with E-state index in [2.05, 4.69) is 21.0 Å². The van der Waals surface area contributed by atoms with Crippen LogP contribution in [0.1, 0.15) is 37.2 Å². The number of carbonyl (C=O) groups is 2. The van der Waals surface area contributed by atoms with E-state index in [0.717, 1.165) is 17.0 Å². The number of benzene rings is 1. The number of aryl methyl sites for hydroxylation is 2. The molecule has 1 aromatic heterocycles. The molecule has 3 amide bonds. The third-order valence-electron chi connectivity index (χ3n) is 4.13. The second-order valence-corrected chi connectivity index (χ2v) is 6.62. The van der Waals surface area contributed by atoms with Gasteiger partial charge in [0.2, 0.25) is 5.91 Å². The quantitative estimate of drug-likeness (QED) is 0.742. The van der Waals surface area contributed by atoms with Crippen LogP contribution in [0.25, 0.3) is 0 Å². The summed E-state index contributed by atoms with van der Waals surface area (Å²) in [6.45, 7) is 7.72. The number of nitrogens with one attached hydrogen (secondary N) is 3. The van der Waals surface area contributed by atoms with Crippen molar-refractivity contribution in [1.29, 1.82) is 0 Å². The van der Waals surface area contributed by atoms with E-state index in [1.54, 1.807) is 12.1 Å². The van der Waals surface area contributed by atoms with Gasteiger partial charge >= 0.3 is 6.03 Å². The highest BCUT2D eigenvalue weighted by atomic mass is 16.2. The highest BCUT2D eigenvalue weighted by Gasteiger charge is 2.13. The van der Waals surface area contributed by atoms with Crippen LogP contribution in [0.2, 0.25) is 0 Å². The van der Waals surface area contributed by atoms with Gasteiger partial charge in [-0.2, -0.15) is 5.10 Å². The topological polar surface area (TPSA) is 88.1 Å². The molecule has 0 aliphatic carbocycles. The van der Waals surface area contributed by atoms with Crippen molar-refractivity contribution in [2.24, 2.45) is 7.05 Å². The van der Waals surface area contributed by atoms with Crippen LogP contribution in [0.15, 0.2) is 24.3 Å². The first-order valence-electron chi connectivity index (χ1n) is 8.73. The number of amides is 3. The maximum Gasteiger partial charge on any atom is 0.319 e. The number of hydrogen-bond acceptors (Lipinski definition) is 3. The molecule has 7 heteroatoms. The lowest BCUT2D eigenvalue weighted by molar-refractivity contribution is -0.116. The van der Waals surface area contributed by atoms with Gasteiger partial charge in [-0.25, -0.2) is 4.79 Å². The number of hydrogen-bond donors (Lipinski definition) is 3. The molecule has 7 nitrogen and oxygen atoms in total. The first-order valence-corrected chi connectivity index (χ1v) is 8.73. The molecule has 26 heavy (non-hydrogen) atoms. The summed E-state index contributed by atoms with van der Waals surface area (Å²) in [6.07, 6.45) is 0.973. The Balaban J connectivity index is 1.99. The molecule has 3 N–H and O–H groups in total. The first kappa shape index (κ1) is 19.5. The number of aromatic nitrogens is 2. The normalized spacial score (nSPS) is 10.7. The third kappa shape index (κ3) is 5.08. The van der Waals surface area contributed by atoms with Gasteiger partial charge in [0.1, 0.15) is 0 Å². The van der Waals surface area contributed by atoms with Crippen LogP contribution < -0.4 is 16.0 Å². The van der Waals surface area contributed by atoms with Gasteiger partial charge in [-0.05, 0) is 51.8 Å². The lowest BCUT2D eigenvalue weighted by atomic mass is 10.1. The fourth-order valence-electron chi connectivity index (χ4n) is 2.75. The highest BCUT2D eigenvalue weighted by Crippen LogP contribution is 2.21. The average molecular weight is 357 g/mol. The number of urea groups is 1. The van der Waals surface area contributed by atoms with Crippen molar-refractivity contribution < 1.29 is 9.59 Å². The highest BCUT2D eigenvalue weighted by molar-refractivity contribution is 5.99. The van der Waals surface area contributed by atoms with E-state index in [1.807, 2.05) is 51.6 Å². The summed E-state index contributed by atoms with van der Waals surface area (Å²) in [5.41, 5.74) is 4.27. The van der Waals surface area contributed by atoms with Crippen molar-refractivity contribution in [3.63, 3.8) is 0 Å². The number of nitrogens with zero attached hydrogens (tertiary/aromatic N) is 2. The summed E-state index contributed by atoms with van der Waals surface area (Å²) >= 11 is 0. The van der Waals surface area contributed by atoms with Crippen LogP contribution in [0.5, 0.6) is 0 Å². The Labute approximate surface area is 154 Å². The molecule has 140 valence electrons.